The van der Waals surface area contributed by atoms with Crippen LogP contribution in [0.2, 0.25) is 0 Å². The van der Waals surface area contributed by atoms with Crippen molar-refractivity contribution in [3.8, 4) is 0 Å². The van der Waals surface area contributed by atoms with E-state index < -0.39 is 0 Å². The minimum absolute atomic E-state index is 0.817. The molecule has 1 aliphatic rings. The van der Waals surface area contributed by atoms with E-state index in [-0.39, 0.29) is 0 Å². The fraction of sp³-hybridized carbons (Fsp3) is 0.273. The van der Waals surface area contributed by atoms with Gasteiger partial charge in [0, 0.05) is 4.70 Å². The Morgan fingerprint density at radius 3 is 2.92 bits per heavy atom. The first-order valence-electron chi connectivity index (χ1n) is 4.62. The lowest BCUT2D eigenvalue weighted by molar-refractivity contribution is 1.15. The Morgan fingerprint density at radius 2 is 2.15 bits per heavy atom. The van der Waals surface area contributed by atoms with E-state index in [2.05, 4.69) is 24.3 Å². The molecule has 0 atom stereocenters. The number of nitrogens with two attached hydrogens (primary N) is 1. The maximum atomic E-state index is 5.80. The van der Waals surface area contributed by atoms with Crippen molar-refractivity contribution in [2.24, 2.45) is 0 Å². The molecule has 0 bridgehead atoms. The molecule has 1 aliphatic carbocycles. The first-order chi connectivity index (χ1) is 6.34. The summed E-state index contributed by atoms with van der Waals surface area (Å²) >= 11 is 1.69. The number of anilines is 1. The summed E-state index contributed by atoms with van der Waals surface area (Å²) in [5.74, 6) is 0.817. The molecule has 0 radical (unpaired) electrons. The van der Waals surface area contributed by atoms with Gasteiger partial charge in [-0.3, -0.25) is 0 Å². The molecule has 1 fully saturated rings. The number of fused-ring (bicyclic) bond motifs is 1. The normalized spacial score (nSPS) is 16.6. The molecule has 2 aromatic rings. The van der Waals surface area contributed by atoms with Crippen LogP contribution in [0.25, 0.3) is 10.1 Å². The van der Waals surface area contributed by atoms with Crippen molar-refractivity contribution in [2.75, 3.05) is 5.73 Å². The van der Waals surface area contributed by atoms with Crippen LogP contribution in [0, 0.1) is 0 Å². The Kier molecular flexibility index (Phi) is 1.41. The van der Waals surface area contributed by atoms with Gasteiger partial charge in [0.2, 0.25) is 0 Å². The summed E-state index contributed by atoms with van der Waals surface area (Å²) in [6, 6.07) is 8.66. The second-order valence-corrected chi connectivity index (χ2v) is 4.80. The predicted octanol–water partition coefficient (Wildman–Crippen LogP) is 3.36. The fourth-order valence-corrected chi connectivity index (χ4v) is 2.72. The molecule has 2 heteroatoms. The van der Waals surface area contributed by atoms with Crippen LogP contribution in [0.5, 0.6) is 0 Å². The van der Waals surface area contributed by atoms with E-state index in [1.54, 1.807) is 11.3 Å². The Morgan fingerprint density at radius 1 is 1.31 bits per heavy atom. The number of hydrogen-bond acceptors (Lipinski definition) is 2. The average Bonchev–Trinajstić information content (AvgIpc) is 2.86. The van der Waals surface area contributed by atoms with Crippen LogP contribution in [-0.2, 0) is 0 Å². The highest BCUT2D eigenvalue weighted by Gasteiger charge is 2.25. The zero-order chi connectivity index (χ0) is 8.84. The second kappa shape index (κ2) is 2.48. The number of benzene rings is 1. The summed E-state index contributed by atoms with van der Waals surface area (Å²) in [4.78, 5) is 0. The summed E-state index contributed by atoms with van der Waals surface area (Å²) in [5.41, 5.74) is 7.30. The van der Waals surface area contributed by atoms with Gasteiger partial charge in [-0.2, -0.15) is 0 Å². The van der Waals surface area contributed by atoms with Gasteiger partial charge in [0.05, 0.1) is 5.00 Å². The smallest absolute Gasteiger partial charge is 0.0868 e. The molecular weight excluding hydrogens is 178 g/mol. The topological polar surface area (TPSA) is 26.0 Å². The molecule has 1 aromatic heterocycles. The SMILES string of the molecule is Nc1cc2c(C3CC3)cccc2s1. The van der Waals surface area contributed by atoms with Crippen LogP contribution in [0.1, 0.15) is 24.3 Å². The number of hydrogen-bond donors (Lipinski definition) is 1. The first-order valence-corrected chi connectivity index (χ1v) is 5.44. The Labute approximate surface area is 81.2 Å². The molecule has 3 rings (SSSR count). The zero-order valence-corrected chi connectivity index (χ0v) is 8.10. The van der Waals surface area contributed by atoms with E-state index in [4.69, 9.17) is 5.73 Å². The van der Waals surface area contributed by atoms with Crippen molar-refractivity contribution in [1.82, 2.24) is 0 Å². The summed E-state index contributed by atoms with van der Waals surface area (Å²) in [5, 5.41) is 2.32. The molecule has 0 saturated heterocycles. The molecule has 1 aromatic carbocycles. The number of nitrogen functional groups attached to an aromatic ring is 1. The Hall–Kier alpha value is -1.02. The van der Waals surface area contributed by atoms with Gasteiger partial charge in [-0.05, 0) is 41.8 Å². The molecule has 0 spiro atoms. The summed E-state index contributed by atoms with van der Waals surface area (Å²) in [7, 11) is 0. The monoisotopic (exact) mass is 189 g/mol. The lowest BCUT2D eigenvalue weighted by atomic mass is 10.1. The van der Waals surface area contributed by atoms with Crippen molar-refractivity contribution in [3.05, 3.63) is 29.8 Å². The lowest BCUT2D eigenvalue weighted by Gasteiger charge is -1.98. The molecule has 2 N–H and O–H groups in total. The molecular formula is C11H11NS. The van der Waals surface area contributed by atoms with Gasteiger partial charge in [0.15, 0.2) is 0 Å². The van der Waals surface area contributed by atoms with Gasteiger partial charge in [-0.25, -0.2) is 0 Å². The number of thiophene rings is 1. The van der Waals surface area contributed by atoms with Gasteiger partial charge in [-0.1, -0.05) is 12.1 Å². The van der Waals surface area contributed by atoms with Crippen molar-refractivity contribution in [2.45, 2.75) is 18.8 Å². The maximum Gasteiger partial charge on any atom is 0.0868 e. The third-order valence-corrected chi connectivity index (χ3v) is 3.56. The predicted molar refractivity (Wildman–Crippen MR) is 58.2 cm³/mol. The van der Waals surface area contributed by atoms with E-state index in [1.165, 1.54) is 28.5 Å². The van der Waals surface area contributed by atoms with Crippen LogP contribution >= 0.6 is 11.3 Å². The molecule has 0 unspecified atom stereocenters. The van der Waals surface area contributed by atoms with Gasteiger partial charge >= 0.3 is 0 Å². The van der Waals surface area contributed by atoms with Gasteiger partial charge < -0.3 is 5.73 Å². The standard InChI is InChI=1S/C11H11NS/c12-11-6-9-8(7-4-5-7)2-1-3-10(9)13-11/h1-3,6-7H,4-5,12H2. The summed E-state index contributed by atoms with van der Waals surface area (Å²) < 4.78 is 1.34. The van der Waals surface area contributed by atoms with E-state index >= 15 is 0 Å². The minimum atomic E-state index is 0.817. The summed E-state index contributed by atoms with van der Waals surface area (Å²) in [6.07, 6.45) is 2.71. The van der Waals surface area contributed by atoms with Crippen molar-refractivity contribution in [1.29, 1.82) is 0 Å². The van der Waals surface area contributed by atoms with Gasteiger partial charge in [-0.15, -0.1) is 11.3 Å². The van der Waals surface area contributed by atoms with Gasteiger partial charge in [0.1, 0.15) is 0 Å². The third kappa shape index (κ3) is 1.13. The Bertz CT molecular complexity index is 454. The van der Waals surface area contributed by atoms with Crippen LogP contribution < -0.4 is 5.73 Å². The highest BCUT2D eigenvalue weighted by molar-refractivity contribution is 7.22. The molecule has 1 heterocycles. The minimum Gasteiger partial charge on any atom is -0.391 e. The largest absolute Gasteiger partial charge is 0.391 e. The quantitative estimate of drug-likeness (QED) is 0.731. The van der Waals surface area contributed by atoms with Crippen LogP contribution in [-0.4, -0.2) is 0 Å². The third-order valence-electron chi connectivity index (χ3n) is 2.63. The van der Waals surface area contributed by atoms with Crippen molar-refractivity contribution in [3.63, 3.8) is 0 Å². The zero-order valence-electron chi connectivity index (χ0n) is 7.29. The second-order valence-electron chi connectivity index (χ2n) is 3.68. The fourth-order valence-electron chi connectivity index (χ4n) is 1.85. The van der Waals surface area contributed by atoms with Crippen LogP contribution in [0.3, 0.4) is 0 Å². The molecule has 0 amide bonds. The molecule has 1 nitrogen and oxygen atoms in total. The van der Waals surface area contributed by atoms with Crippen molar-refractivity contribution < 1.29 is 0 Å². The van der Waals surface area contributed by atoms with Crippen LogP contribution in [0.4, 0.5) is 5.00 Å². The average molecular weight is 189 g/mol. The molecule has 1 saturated carbocycles. The Balaban J connectivity index is 2.31. The molecule has 0 aliphatic heterocycles. The van der Waals surface area contributed by atoms with E-state index in [0.29, 0.717) is 0 Å². The molecule has 66 valence electrons. The highest BCUT2D eigenvalue weighted by atomic mass is 32.1. The van der Waals surface area contributed by atoms with Crippen molar-refractivity contribution >= 4 is 26.4 Å². The maximum absolute atomic E-state index is 5.80. The van der Waals surface area contributed by atoms with Crippen LogP contribution in [0.15, 0.2) is 24.3 Å². The number of rotatable bonds is 1. The van der Waals surface area contributed by atoms with Gasteiger partial charge in [0.25, 0.3) is 0 Å². The van der Waals surface area contributed by atoms with E-state index in [1.807, 2.05) is 0 Å². The lowest BCUT2D eigenvalue weighted by Crippen LogP contribution is -1.78. The van der Waals surface area contributed by atoms with E-state index in [9.17, 15) is 0 Å². The summed E-state index contributed by atoms with van der Waals surface area (Å²) in [6.45, 7) is 0. The molecule has 13 heavy (non-hydrogen) atoms. The first kappa shape index (κ1) is 7.39. The highest BCUT2D eigenvalue weighted by Crippen LogP contribution is 2.44. The van der Waals surface area contributed by atoms with E-state index in [0.717, 1.165) is 10.9 Å².